The molecule has 1 saturated heterocycles. The number of anilines is 1. The molecule has 2 heterocycles. The lowest BCUT2D eigenvalue weighted by Crippen LogP contribution is -2.35. The summed E-state index contributed by atoms with van der Waals surface area (Å²) in [6.07, 6.45) is 6.88. The molecule has 2 aliphatic rings. The Morgan fingerprint density at radius 1 is 1.23 bits per heavy atom. The van der Waals surface area contributed by atoms with Crippen molar-refractivity contribution in [1.29, 1.82) is 0 Å². The van der Waals surface area contributed by atoms with Gasteiger partial charge in [0.05, 0.1) is 30.8 Å². The second kappa shape index (κ2) is 8.18. The minimum Gasteiger partial charge on any atom is -0.379 e. The second-order valence-corrected chi connectivity index (χ2v) is 7.56. The maximum Gasteiger partial charge on any atom is 0.224 e. The van der Waals surface area contributed by atoms with Gasteiger partial charge in [0.1, 0.15) is 5.82 Å². The molecule has 4 rings (SSSR count). The highest BCUT2D eigenvalue weighted by Crippen LogP contribution is 2.27. The van der Waals surface area contributed by atoms with Crippen LogP contribution in [-0.2, 0) is 16.1 Å². The quantitative estimate of drug-likeness (QED) is 0.862. The molecule has 26 heavy (non-hydrogen) atoms. The van der Waals surface area contributed by atoms with Crippen LogP contribution >= 0.6 is 0 Å². The van der Waals surface area contributed by atoms with Gasteiger partial charge in [0, 0.05) is 25.2 Å². The molecule has 0 bridgehead atoms. The van der Waals surface area contributed by atoms with Crippen molar-refractivity contribution >= 4 is 22.6 Å². The largest absolute Gasteiger partial charge is 0.379 e. The number of rotatable bonds is 5. The second-order valence-electron chi connectivity index (χ2n) is 7.56. The fraction of sp³-hybridized carbons (Fsp3) is 0.600. The van der Waals surface area contributed by atoms with Gasteiger partial charge in [-0.25, -0.2) is 4.98 Å². The lowest BCUT2D eigenvalue weighted by Gasteiger charge is -2.25. The van der Waals surface area contributed by atoms with E-state index in [1.807, 2.05) is 18.2 Å². The Morgan fingerprint density at radius 3 is 2.85 bits per heavy atom. The Labute approximate surface area is 154 Å². The van der Waals surface area contributed by atoms with Crippen molar-refractivity contribution in [3.63, 3.8) is 0 Å². The SMILES string of the molecule is O=C(CC1CCCCC1)Nc1ccc2nc(CN3CCOCC3)[nH]c2c1. The van der Waals surface area contributed by atoms with Crippen molar-refractivity contribution in [3.8, 4) is 0 Å². The third-order valence-corrected chi connectivity index (χ3v) is 5.49. The Morgan fingerprint density at radius 2 is 2.04 bits per heavy atom. The number of morpholine rings is 1. The van der Waals surface area contributed by atoms with Gasteiger partial charge < -0.3 is 15.0 Å². The maximum absolute atomic E-state index is 12.3. The van der Waals surface area contributed by atoms with Crippen LogP contribution in [-0.4, -0.2) is 47.1 Å². The van der Waals surface area contributed by atoms with E-state index in [-0.39, 0.29) is 5.91 Å². The molecule has 1 aromatic heterocycles. The first kappa shape index (κ1) is 17.5. The van der Waals surface area contributed by atoms with Crippen molar-refractivity contribution < 1.29 is 9.53 Å². The van der Waals surface area contributed by atoms with Crippen molar-refractivity contribution in [3.05, 3.63) is 24.0 Å². The van der Waals surface area contributed by atoms with Gasteiger partial charge in [0.2, 0.25) is 5.91 Å². The number of fused-ring (bicyclic) bond motifs is 1. The third kappa shape index (κ3) is 4.43. The van der Waals surface area contributed by atoms with E-state index < -0.39 is 0 Å². The number of aromatic amines is 1. The van der Waals surface area contributed by atoms with E-state index in [1.54, 1.807) is 0 Å². The van der Waals surface area contributed by atoms with Crippen LogP contribution in [0.25, 0.3) is 11.0 Å². The summed E-state index contributed by atoms with van der Waals surface area (Å²) in [4.78, 5) is 22.7. The van der Waals surface area contributed by atoms with Gasteiger partial charge in [0.15, 0.2) is 0 Å². The molecule has 0 unspecified atom stereocenters. The zero-order valence-corrected chi connectivity index (χ0v) is 15.3. The number of hydrogen-bond donors (Lipinski definition) is 2. The first-order valence-electron chi connectivity index (χ1n) is 9.85. The summed E-state index contributed by atoms with van der Waals surface area (Å²) < 4.78 is 5.39. The highest BCUT2D eigenvalue weighted by Gasteiger charge is 2.17. The Kier molecular flexibility index (Phi) is 5.51. The fourth-order valence-corrected chi connectivity index (χ4v) is 4.05. The predicted molar refractivity (Wildman–Crippen MR) is 102 cm³/mol. The van der Waals surface area contributed by atoms with Gasteiger partial charge in [0.25, 0.3) is 0 Å². The van der Waals surface area contributed by atoms with Crippen LogP contribution in [0.1, 0.15) is 44.3 Å². The number of nitrogens with zero attached hydrogens (tertiary/aromatic N) is 2. The molecule has 2 fully saturated rings. The smallest absolute Gasteiger partial charge is 0.224 e. The van der Waals surface area contributed by atoms with Gasteiger partial charge in [-0.2, -0.15) is 0 Å². The molecule has 2 N–H and O–H groups in total. The number of hydrogen-bond acceptors (Lipinski definition) is 4. The molecular formula is C20H28N4O2. The van der Waals surface area contributed by atoms with E-state index in [4.69, 9.17) is 4.74 Å². The maximum atomic E-state index is 12.3. The van der Waals surface area contributed by atoms with Crippen molar-refractivity contribution in [2.75, 3.05) is 31.6 Å². The molecule has 0 spiro atoms. The number of carbonyl (C=O) groups excluding carboxylic acids is 1. The van der Waals surface area contributed by atoms with E-state index >= 15 is 0 Å². The number of nitrogens with one attached hydrogen (secondary N) is 2. The number of benzene rings is 1. The van der Waals surface area contributed by atoms with Gasteiger partial charge in [-0.05, 0) is 37.0 Å². The van der Waals surface area contributed by atoms with Gasteiger partial charge >= 0.3 is 0 Å². The average molecular weight is 356 g/mol. The molecule has 1 aromatic carbocycles. The van der Waals surface area contributed by atoms with Gasteiger partial charge in [-0.3, -0.25) is 9.69 Å². The number of imidazole rings is 1. The molecule has 1 aliphatic heterocycles. The molecular weight excluding hydrogens is 328 g/mol. The van der Waals surface area contributed by atoms with E-state index in [2.05, 4.69) is 20.2 Å². The van der Waals surface area contributed by atoms with E-state index in [0.717, 1.165) is 55.4 Å². The van der Waals surface area contributed by atoms with E-state index in [0.29, 0.717) is 12.3 Å². The summed E-state index contributed by atoms with van der Waals surface area (Å²) in [6, 6.07) is 5.91. The van der Waals surface area contributed by atoms with Crippen molar-refractivity contribution in [2.24, 2.45) is 5.92 Å². The third-order valence-electron chi connectivity index (χ3n) is 5.49. The number of carbonyl (C=O) groups is 1. The summed E-state index contributed by atoms with van der Waals surface area (Å²) in [5, 5.41) is 3.06. The minimum atomic E-state index is 0.129. The van der Waals surface area contributed by atoms with Gasteiger partial charge in [-0.1, -0.05) is 19.3 Å². The normalized spacial score (nSPS) is 19.7. The number of aromatic nitrogens is 2. The zero-order chi connectivity index (χ0) is 17.8. The molecule has 140 valence electrons. The highest BCUT2D eigenvalue weighted by atomic mass is 16.5. The lowest BCUT2D eigenvalue weighted by molar-refractivity contribution is -0.117. The summed E-state index contributed by atoms with van der Waals surface area (Å²) in [5.41, 5.74) is 2.77. The van der Waals surface area contributed by atoms with Crippen LogP contribution in [0.4, 0.5) is 5.69 Å². The summed E-state index contributed by atoms with van der Waals surface area (Å²) in [7, 11) is 0. The Balaban J connectivity index is 1.37. The van der Waals surface area contributed by atoms with Crippen LogP contribution in [0.15, 0.2) is 18.2 Å². The lowest BCUT2D eigenvalue weighted by atomic mass is 9.87. The summed E-state index contributed by atoms with van der Waals surface area (Å²) in [5.74, 6) is 1.65. The fourth-order valence-electron chi connectivity index (χ4n) is 4.05. The van der Waals surface area contributed by atoms with Crippen molar-refractivity contribution in [2.45, 2.75) is 45.1 Å². The van der Waals surface area contributed by atoms with E-state index in [1.165, 1.54) is 32.1 Å². The average Bonchev–Trinajstić information content (AvgIpc) is 3.05. The molecule has 0 radical (unpaired) electrons. The van der Waals surface area contributed by atoms with Crippen LogP contribution in [0, 0.1) is 5.92 Å². The molecule has 1 aliphatic carbocycles. The zero-order valence-electron chi connectivity index (χ0n) is 15.3. The summed E-state index contributed by atoms with van der Waals surface area (Å²) in [6.45, 7) is 4.27. The van der Waals surface area contributed by atoms with Crippen LogP contribution in [0.3, 0.4) is 0 Å². The molecule has 6 nitrogen and oxygen atoms in total. The molecule has 0 atom stereocenters. The minimum absolute atomic E-state index is 0.129. The van der Waals surface area contributed by atoms with Crippen LogP contribution in [0.5, 0.6) is 0 Å². The molecule has 1 amide bonds. The summed E-state index contributed by atoms with van der Waals surface area (Å²) >= 11 is 0. The van der Waals surface area contributed by atoms with Crippen LogP contribution < -0.4 is 5.32 Å². The van der Waals surface area contributed by atoms with Gasteiger partial charge in [-0.15, -0.1) is 0 Å². The number of amides is 1. The predicted octanol–water partition coefficient (Wildman–Crippen LogP) is 3.30. The Hall–Kier alpha value is -1.92. The number of H-pyrrole nitrogens is 1. The standard InChI is InChI=1S/C20H28N4O2/c25-20(12-15-4-2-1-3-5-15)21-16-6-7-17-18(13-16)23-19(22-17)14-24-8-10-26-11-9-24/h6-7,13,15H,1-5,8-12,14H2,(H,21,25)(H,22,23). The molecule has 1 saturated carbocycles. The highest BCUT2D eigenvalue weighted by molar-refractivity contribution is 5.93. The van der Waals surface area contributed by atoms with E-state index in [9.17, 15) is 4.79 Å². The molecule has 2 aromatic rings. The monoisotopic (exact) mass is 356 g/mol. The topological polar surface area (TPSA) is 70.2 Å². The molecule has 6 heteroatoms. The van der Waals surface area contributed by atoms with Crippen molar-refractivity contribution in [1.82, 2.24) is 14.9 Å². The number of ether oxygens (including phenoxy) is 1. The van der Waals surface area contributed by atoms with Crippen LogP contribution in [0.2, 0.25) is 0 Å². The Bertz CT molecular complexity index is 745. The first-order valence-corrected chi connectivity index (χ1v) is 9.85. The first-order chi connectivity index (χ1) is 12.8.